The number of rotatable bonds is 4. The lowest BCUT2D eigenvalue weighted by Crippen LogP contribution is -2.40. The van der Waals surface area contributed by atoms with E-state index in [1.165, 1.54) is 6.20 Å². The summed E-state index contributed by atoms with van der Waals surface area (Å²) in [5.74, 6) is 0.844. The number of nitrogen functional groups attached to an aromatic ring is 1. The Kier molecular flexibility index (Phi) is 5.06. The molecule has 128 valence electrons. The molecule has 0 bridgehead atoms. The average Bonchev–Trinajstić information content (AvgIpc) is 2.44. The van der Waals surface area contributed by atoms with Crippen LogP contribution < -0.4 is 10.6 Å². The molecule has 0 aromatic carbocycles. The minimum atomic E-state index is -0.418. The molecule has 1 fully saturated rings. The van der Waals surface area contributed by atoms with E-state index in [1.807, 2.05) is 20.8 Å². The zero-order valence-electron chi connectivity index (χ0n) is 14.5. The maximum absolute atomic E-state index is 11.9. The molecule has 1 aromatic rings. The van der Waals surface area contributed by atoms with E-state index in [4.69, 9.17) is 10.5 Å². The zero-order valence-corrected chi connectivity index (χ0v) is 14.5. The van der Waals surface area contributed by atoms with E-state index in [0.29, 0.717) is 18.2 Å². The summed E-state index contributed by atoms with van der Waals surface area (Å²) in [5, 5.41) is 7.89. The van der Waals surface area contributed by atoms with Gasteiger partial charge in [-0.05, 0) is 45.4 Å². The van der Waals surface area contributed by atoms with Gasteiger partial charge >= 0.3 is 5.97 Å². The van der Waals surface area contributed by atoms with Crippen LogP contribution in [-0.4, -0.2) is 39.8 Å². The molecule has 1 saturated heterocycles. The van der Waals surface area contributed by atoms with Gasteiger partial charge in [-0.1, -0.05) is 6.92 Å². The first-order chi connectivity index (χ1) is 10.7. The molecule has 2 heterocycles. The van der Waals surface area contributed by atoms with Gasteiger partial charge in [-0.15, -0.1) is 5.10 Å². The standard InChI is InChI=1S/C16H27N5O2/c1-15(2,3)23-13(22)5-6-16(4)7-9-21(10-8-16)14-19-12(17)11-18-20-14/h11H,5-10H2,1-4H3,(H2,17,19,20). The van der Waals surface area contributed by atoms with Gasteiger partial charge in [0.25, 0.3) is 0 Å². The molecule has 0 radical (unpaired) electrons. The Morgan fingerprint density at radius 1 is 1.39 bits per heavy atom. The summed E-state index contributed by atoms with van der Waals surface area (Å²) in [6.07, 6.45) is 4.70. The van der Waals surface area contributed by atoms with Crippen molar-refractivity contribution in [3.8, 4) is 0 Å². The zero-order chi connectivity index (χ0) is 17.1. The maximum atomic E-state index is 11.9. The number of carbonyl (C=O) groups is 1. The molecule has 2 rings (SSSR count). The van der Waals surface area contributed by atoms with Crippen LogP contribution in [0.5, 0.6) is 0 Å². The number of esters is 1. The Hall–Kier alpha value is -1.92. The van der Waals surface area contributed by atoms with Gasteiger partial charge in [0.2, 0.25) is 5.95 Å². The van der Waals surface area contributed by atoms with Crippen LogP contribution in [0.3, 0.4) is 0 Å². The number of carbonyl (C=O) groups excluding carboxylic acids is 1. The van der Waals surface area contributed by atoms with Gasteiger partial charge in [0.15, 0.2) is 0 Å². The van der Waals surface area contributed by atoms with Crippen molar-refractivity contribution in [2.24, 2.45) is 5.41 Å². The van der Waals surface area contributed by atoms with Crippen LogP contribution >= 0.6 is 0 Å². The molecule has 0 spiro atoms. The molecule has 1 aliphatic rings. The summed E-state index contributed by atoms with van der Waals surface area (Å²) in [6, 6.07) is 0. The minimum Gasteiger partial charge on any atom is -0.460 e. The van der Waals surface area contributed by atoms with E-state index in [1.54, 1.807) is 0 Å². The second kappa shape index (κ2) is 6.68. The van der Waals surface area contributed by atoms with Crippen molar-refractivity contribution in [3.63, 3.8) is 0 Å². The Bertz CT molecular complexity index is 548. The number of ether oxygens (including phenoxy) is 1. The summed E-state index contributed by atoms with van der Waals surface area (Å²) in [5.41, 5.74) is 5.38. The summed E-state index contributed by atoms with van der Waals surface area (Å²) >= 11 is 0. The monoisotopic (exact) mass is 321 g/mol. The van der Waals surface area contributed by atoms with Gasteiger partial charge < -0.3 is 15.4 Å². The first-order valence-electron chi connectivity index (χ1n) is 8.09. The third-order valence-electron chi connectivity index (χ3n) is 4.17. The molecule has 1 aliphatic heterocycles. The molecular weight excluding hydrogens is 294 g/mol. The molecule has 0 atom stereocenters. The highest BCUT2D eigenvalue weighted by Crippen LogP contribution is 2.36. The lowest BCUT2D eigenvalue weighted by Gasteiger charge is -2.39. The van der Waals surface area contributed by atoms with E-state index in [2.05, 4.69) is 27.0 Å². The molecule has 7 heteroatoms. The predicted molar refractivity (Wildman–Crippen MR) is 88.9 cm³/mol. The number of piperidine rings is 1. The smallest absolute Gasteiger partial charge is 0.306 e. The molecule has 0 unspecified atom stereocenters. The normalized spacial score (nSPS) is 17.8. The van der Waals surface area contributed by atoms with Crippen molar-refractivity contribution >= 4 is 17.7 Å². The Labute approximate surface area is 137 Å². The van der Waals surface area contributed by atoms with Crippen molar-refractivity contribution in [1.82, 2.24) is 15.2 Å². The van der Waals surface area contributed by atoms with Crippen LogP contribution in [0.25, 0.3) is 0 Å². The average molecular weight is 321 g/mol. The van der Waals surface area contributed by atoms with Gasteiger partial charge in [0, 0.05) is 19.5 Å². The molecule has 0 aliphatic carbocycles. The number of aromatic nitrogens is 3. The van der Waals surface area contributed by atoms with Crippen LogP contribution in [0.4, 0.5) is 11.8 Å². The van der Waals surface area contributed by atoms with E-state index >= 15 is 0 Å². The lowest BCUT2D eigenvalue weighted by atomic mass is 9.77. The molecule has 2 N–H and O–H groups in total. The summed E-state index contributed by atoms with van der Waals surface area (Å²) in [7, 11) is 0. The molecular formula is C16H27N5O2. The second-order valence-corrected chi connectivity index (χ2v) is 7.57. The van der Waals surface area contributed by atoms with Crippen LogP contribution in [0.2, 0.25) is 0 Å². The minimum absolute atomic E-state index is 0.121. The number of anilines is 2. The Morgan fingerprint density at radius 3 is 2.61 bits per heavy atom. The van der Waals surface area contributed by atoms with Crippen LogP contribution in [-0.2, 0) is 9.53 Å². The lowest BCUT2D eigenvalue weighted by molar-refractivity contribution is -0.155. The number of hydrogen-bond donors (Lipinski definition) is 1. The van der Waals surface area contributed by atoms with Gasteiger partial charge in [-0.3, -0.25) is 4.79 Å². The first kappa shape index (κ1) is 17.4. The molecule has 7 nitrogen and oxygen atoms in total. The highest BCUT2D eigenvalue weighted by Gasteiger charge is 2.32. The topological polar surface area (TPSA) is 94.2 Å². The van der Waals surface area contributed by atoms with Crippen molar-refractivity contribution in [3.05, 3.63) is 6.20 Å². The largest absolute Gasteiger partial charge is 0.460 e. The summed E-state index contributed by atoms with van der Waals surface area (Å²) < 4.78 is 5.39. The van der Waals surface area contributed by atoms with E-state index in [0.717, 1.165) is 32.4 Å². The van der Waals surface area contributed by atoms with Crippen LogP contribution in [0.1, 0.15) is 53.4 Å². The summed E-state index contributed by atoms with van der Waals surface area (Å²) in [6.45, 7) is 9.60. The second-order valence-electron chi connectivity index (χ2n) is 7.57. The van der Waals surface area contributed by atoms with Crippen molar-refractivity contribution in [1.29, 1.82) is 0 Å². The molecule has 23 heavy (non-hydrogen) atoms. The van der Waals surface area contributed by atoms with Gasteiger partial charge in [0.05, 0.1) is 6.20 Å². The van der Waals surface area contributed by atoms with E-state index in [-0.39, 0.29) is 11.4 Å². The van der Waals surface area contributed by atoms with Crippen molar-refractivity contribution in [2.75, 3.05) is 23.7 Å². The highest BCUT2D eigenvalue weighted by atomic mass is 16.6. The third-order valence-corrected chi connectivity index (χ3v) is 4.17. The number of hydrogen-bond acceptors (Lipinski definition) is 7. The van der Waals surface area contributed by atoms with E-state index < -0.39 is 5.60 Å². The van der Waals surface area contributed by atoms with Crippen molar-refractivity contribution in [2.45, 2.75) is 59.0 Å². The van der Waals surface area contributed by atoms with E-state index in [9.17, 15) is 4.79 Å². The first-order valence-corrected chi connectivity index (χ1v) is 8.09. The van der Waals surface area contributed by atoms with Gasteiger partial charge in [-0.25, -0.2) is 0 Å². The SMILES string of the molecule is CC1(CCC(=O)OC(C)(C)C)CCN(c2nncc(N)n2)CC1. The van der Waals surface area contributed by atoms with Crippen molar-refractivity contribution < 1.29 is 9.53 Å². The molecule has 0 amide bonds. The quantitative estimate of drug-likeness (QED) is 0.849. The number of nitrogens with two attached hydrogens (primary N) is 1. The van der Waals surface area contributed by atoms with Gasteiger partial charge in [0.1, 0.15) is 11.4 Å². The molecule has 0 saturated carbocycles. The number of nitrogens with zero attached hydrogens (tertiary/aromatic N) is 4. The van der Waals surface area contributed by atoms with Crippen LogP contribution in [0, 0.1) is 5.41 Å². The highest BCUT2D eigenvalue weighted by molar-refractivity contribution is 5.69. The fraction of sp³-hybridized carbons (Fsp3) is 0.750. The van der Waals surface area contributed by atoms with Gasteiger partial charge in [-0.2, -0.15) is 10.1 Å². The summed E-state index contributed by atoms with van der Waals surface area (Å²) in [4.78, 5) is 18.2. The Morgan fingerprint density at radius 2 is 2.04 bits per heavy atom. The van der Waals surface area contributed by atoms with Crippen LogP contribution in [0.15, 0.2) is 6.20 Å². The third kappa shape index (κ3) is 5.33. The fourth-order valence-corrected chi connectivity index (χ4v) is 2.73. The fourth-order valence-electron chi connectivity index (χ4n) is 2.73. The maximum Gasteiger partial charge on any atom is 0.306 e. The Balaban J connectivity index is 1.84. The molecule has 1 aromatic heterocycles. The predicted octanol–water partition coefficient (Wildman–Crippen LogP) is 2.18.